The number of para-hydroxylation sites is 1. The van der Waals surface area contributed by atoms with Crippen LogP contribution in [0.5, 0.6) is 5.75 Å². The molecular weight excluding hydrogens is 317 g/mol. The lowest BCUT2D eigenvalue weighted by atomic mass is 9.91. The number of hydrogen-bond acceptors (Lipinski definition) is 4. The summed E-state index contributed by atoms with van der Waals surface area (Å²) in [5.74, 6) is -2.39. The van der Waals surface area contributed by atoms with E-state index in [1.165, 1.54) is 18.2 Å². The van der Waals surface area contributed by atoms with E-state index < -0.39 is 29.5 Å². The molecule has 0 aromatic heterocycles. The van der Waals surface area contributed by atoms with Crippen molar-refractivity contribution in [2.75, 3.05) is 13.1 Å². The molecule has 0 bridgehead atoms. The summed E-state index contributed by atoms with van der Waals surface area (Å²) in [4.78, 5) is 24.8. The third-order valence-corrected chi connectivity index (χ3v) is 3.56. The normalized spacial score (nSPS) is 21.8. The van der Waals surface area contributed by atoms with Gasteiger partial charge in [-0.2, -0.15) is 0 Å². The van der Waals surface area contributed by atoms with Crippen molar-refractivity contribution in [1.29, 1.82) is 0 Å². The van der Waals surface area contributed by atoms with E-state index in [9.17, 15) is 27.9 Å². The first-order valence-corrected chi connectivity index (χ1v) is 6.79. The van der Waals surface area contributed by atoms with Crippen LogP contribution in [-0.2, 0) is 4.79 Å². The van der Waals surface area contributed by atoms with E-state index in [4.69, 9.17) is 5.73 Å². The SMILES string of the molecule is NC(=O)C1(O)CCCN(C(=O)c2ccccc2OC(F)(F)F)C1. The van der Waals surface area contributed by atoms with Gasteiger partial charge in [0.05, 0.1) is 12.1 Å². The Balaban J connectivity index is 2.25. The van der Waals surface area contributed by atoms with Gasteiger partial charge in [0, 0.05) is 6.54 Å². The molecule has 1 atom stereocenters. The number of carbonyl (C=O) groups excluding carboxylic acids is 2. The highest BCUT2D eigenvalue weighted by Gasteiger charge is 2.41. The first kappa shape index (κ1) is 17.1. The molecule has 3 N–H and O–H groups in total. The zero-order valence-corrected chi connectivity index (χ0v) is 12.0. The maximum absolute atomic E-state index is 12.4. The van der Waals surface area contributed by atoms with Gasteiger partial charge in [-0.15, -0.1) is 13.2 Å². The van der Waals surface area contributed by atoms with Crippen LogP contribution in [-0.4, -0.2) is 46.9 Å². The number of benzene rings is 1. The number of piperidine rings is 1. The third-order valence-electron chi connectivity index (χ3n) is 3.56. The van der Waals surface area contributed by atoms with Crippen molar-refractivity contribution in [3.63, 3.8) is 0 Å². The standard InChI is InChI=1S/C14H15F3N2O4/c15-14(16,17)23-10-5-2-1-4-9(10)11(20)19-7-3-6-13(22,8-19)12(18)21/h1-2,4-5,22H,3,6-8H2,(H2,18,21). The number of likely N-dealkylation sites (tertiary alicyclic amines) is 1. The van der Waals surface area contributed by atoms with Crippen molar-refractivity contribution >= 4 is 11.8 Å². The minimum atomic E-state index is -4.94. The molecule has 0 aliphatic carbocycles. The molecule has 23 heavy (non-hydrogen) atoms. The van der Waals surface area contributed by atoms with Crippen LogP contribution in [0.3, 0.4) is 0 Å². The van der Waals surface area contributed by atoms with E-state index in [1.54, 1.807) is 0 Å². The van der Waals surface area contributed by atoms with Gasteiger partial charge in [0.2, 0.25) is 0 Å². The lowest BCUT2D eigenvalue weighted by Gasteiger charge is -2.37. The summed E-state index contributed by atoms with van der Waals surface area (Å²) < 4.78 is 41.1. The van der Waals surface area contributed by atoms with Gasteiger partial charge in [0.15, 0.2) is 5.60 Å². The molecule has 2 rings (SSSR count). The number of primary amides is 1. The highest BCUT2D eigenvalue weighted by molar-refractivity contribution is 5.97. The Labute approximate surface area is 129 Å². The first-order valence-electron chi connectivity index (χ1n) is 6.79. The minimum Gasteiger partial charge on any atom is -0.405 e. The molecule has 1 aromatic carbocycles. The van der Waals surface area contributed by atoms with Crippen LogP contribution >= 0.6 is 0 Å². The highest BCUT2D eigenvalue weighted by atomic mass is 19.4. The molecule has 0 radical (unpaired) electrons. The van der Waals surface area contributed by atoms with Gasteiger partial charge in [0.25, 0.3) is 11.8 Å². The van der Waals surface area contributed by atoms with Gasteiger partial charge >= 0.3 is 6.36 Å². The molecule has 1 aliphatic rings. The molecule has 6 nitrogen and oxygen atoms in total. The van der Waals surface area contributed by atoms with Crippen LogP contribution in [0.25, 0.3) is 0 Å². The second-order valence-corrected chi connectivity index (χ2v) is 5.27. The number of hydrogen-bond donors (Lipinski definition) is 2. The number of amides is 2. The largest absolute Gasteiger partial charge is 0.573 e. The van der Waals surface area contributed by atoms with Crippen molar-refractivity contribution in [2.24, 2.45) is 5.73 Å². The third kappa shape index (κ3) is 3.92. The van der Waals surface area contributed by atoms with E-state index in [-0.39, 0.29) is 25.1 Å². The second-order valence-electron chi connectivity index (χ2n) is 5.27. The summed E-state index contributed by atoms with van der Waals surface area (Å²) in [6.07, 6.45) is -4.55. The van der Waals surface area contributed by atoms with Gasteiger partial charge in [-0.25, -0.2) is 0 Å². The zero-order chi connectivity index (χ0) is 17.3. The maximum atomic E-state index is 12.4. The lowest BCUT2D eigenvalue weighted by molar-refractivity contribution is -0.274. The number of aliphatic hydroxyl groups is 1. The number of nitrogens with two attached hydrogens (primary N) is 1. The van der Waals surface area contributed by atoms with Crippen LogP contribution in [0.1, 0.15) is 23.2 Å². The molecule has 1 fully saturated rings. The summed E-state index contributed by atoms with van der Waals surface area (Å²) in [6, 6.07) is 4.89. The van der Waals surface area contributed by atoms with E-state index in [2.05, 4.69) is 4.74 Å². The van der Waals surface area contributed by atoms with E-state index in [0.29, 0.717) is 6.42 Å². The fraction of sp³-hybridized carbons (Fsp3) is 0.429. The average Bonchev–Trinajstić information content (AvgIpc) is 2.45. The first-order chi connectivity index (χ1) is 10.6. The fourth-order valence-corrected chi connectivity index (χ4v) is 2.44. The van der Waals surface area contributed by atoms with E-state index in [0.717, 1.165) is 11.0 Å². The molecule has 1 saturated heterocycles. The van der Waals surface area contributed by atoms with Gasteiger partial charge in [-0.1, -0.05) is 12.1 Å². The van der Waals surface area contributed by atoms with Crippen molar-refractivity contribution < 1.29 is 32.6 Å². The van der Waals surface area contributed by atoms with Crippen LogP contribution in [0, 0.1) is 0 Å². The zero-order valence-electron chi connectivity index (χ0n) is 12.0. The van der Waals surface area contributed by atoms with Crippen molar-refractivity contribution in [2.45, 2.75) is 24.8 Å². The number of nitrogens with zero attached hydrogens (tertiary/aromatic N) is 1. The number of halogens is 3. The van der Waals surface area contributed by atoms with E-state index >= 15 is 0 Å². The topological polar surface area (TPSA) is 92.9 Å². The Morgan fingerprint density at radius 1 is 1.30 bits per heavy atom. The molecule has 1 aromatic rings. The van der Waals surface area contributed by atoms with Gasteiger partial charge < -0.3 is 20.5 Å². The molecule has 1 aliphatic heterocycles. The number of β-amino-alcohol motifs (C(OH)–C–C–N with tert-alkyl or cyclic N) is 1. The van der Waals surface area contributed by atoms with Crippen molar-refractivity contribution in [1.82, 2.24) is 4.90 Å². The van der Waals surface area contributed by atoms with Crippen molar-refractivity contribution in [3.8, 4) is 5.75 Å². The van der Waals surface area contributed by atoms with Crippen molar-refractivity contribution in [3.05, 3.63) is 29.8 Å². The second kappa shape index (κ2) is 6.07. The predicted octanol–water partition coefficient (Wildman–Crippen LogP) is 1.04. The summed E-state index contributed by atoms with van der Waals surface area (Å²) in [6.45, 7) is -0.184. The predicted molar refractivity (Wildman–Crippen MR) is 72.4 cm³/mol. The van der Waals surface area contributed by atoms with Crippen LogP contribution in [0.2, 0.25) is 0 Å². The molecule has 126 valence electrons. The molecular formula is C14H15F3N2O4. The molecule has 0 saturated carbocycles. The average molecular weight is 332 g/mol. The van der Waals surface area contributed by atoms with Crippen LogP contribution in [0.15, 0.2) is 24.3 Å². The number of ether oxygens (including phenoxy) is 1. The summed E-state index contributed by atoms with van der Waals surface area (Å²) in [5.41, 5.74) is 2.93. The van der Waals surface area contributed by atoms with Gasteiger partial charge in [-0.05, 0) is 25.0 Å². The molecule has 0 spiro atoms. The summed E-state index contributed by atoms with van der Waals surface area (Å²) in [7, 11) is 0. The molecule has 9 heteroatoms. The monoisotopic (exact) mass is 332 g/mol. The van der Waals surface area contributed by atoms with Gasteiger partial charge in [-0.3, -0.25) is 9.59 Å². The Morgan fingerprint density at radius 2 is 1.96 bits per heavy atom. The molecule has 1 unspecified atom stereocenters. The van der Waals surface area contributed by atoms with Gasteiger partial charge in [0.1, 0.15) is 5.75 Å². The molecule has 1 heterocycles. The Bertz CT molecular complexity index is 620. The number of rotatable bonds is 3. The Kier molecular flexibility index (Phi) is 4.51. The number of alkyl halides is 3. The Hall–Kier alpha value is -2.29. The highest BCUT2D eigenvalue weighted by Crippen LogP contribution is 2.29. The Morgan fingerprint density at radius 3 is 2.57 bits per heavy atom. The van der Waals surface area contributed by atoms with Crippen LogP contribution < -0.4 is 10.5 Å². The maximum Gasteiger partial charge on any atom is 0.573 e. The summed E-state index contributed by atoms with van der Waals surface area (Å²) in [5, 5.41) is 10.1. The van der Waals surface area contributed by atoms with E-state index in [1.807, 2.05) is 0 Å². The van der Waals surface area contributed by atoms with Crippen LogP contribution in [0.4, 0.5) is 13.2 Å². The smallest absolute Gasteiger partial charge is 0.405 e. The molecule has 2 amide bonds. The summed E-state index contributed by atoms with van der Waals surface area (Å²) >= 11 is 0. The lowest BCUT2D eigenvalue weighted by Crippen LogP contribution is -2.57. The number of carbonyl (C=O) groups is 2. The minimum absolute atomic E-state index is 0.0901. The quantitative estimate of drug-likeness (QED) is 0.865. The fourth-order valence-electron chi connectivity index (χ4n) is 2.44.